The molecule has 2 N–H and O–H groups in total. The summed E-state index contributed by atoms with van der Waals surface area (Å²) in [6.07, 6.45) is 1.51. The third-order valence-corrected chi connectivity index (χ3v) is 4.40. The molecule has 0 atom stereocenters. The van der Waals surface area contributed by atoms with E-state index in [1.54, 1.807) is 12.1 Å². The van der Waals surface area contributed by atoms with Gasteiger partial charge in [-0.25, -0.2) is 9.37 Å². The Bertz CT molecular complexity index is 905. The van der Waals surface area contributed by atoms with Gasteiger partial charge in [0, 0.05) is 36.3 Å². The molecule has 0 saturated heterocycles. The van der Waals surface area contributed by atoms with Gasteiger partial charge in [-0.15, -0.1) is 0 Å². The number of hydrogen-bond donors (Lipinski definition) is 2. The summed E-state index contributed by atoms with van der Waals surface area (Å²) in [4.78, 5) is 18.8. The second-order valence-electron chi connectivity index (χ2n) is 6.24. The quantitative estimate of drug-likeness (QED) is 0.603. The molecule has 0 aliphatic heterocycles. The number of anilines is 4. The molecule has 0 aliphatic rings. The Morgan fingerprint density at radius 2 is 1.57 bits per heavy atom. The molecule has 0 bridgehead atoms. The van der Waals surface area contributed by atoms with Crippen molar-refractivity contribution in [3.8, 4) is 0 Å². The maximum atomic E-state index is 12.9. The Balaban J connectivity index is 1.62. The van der Waals surface area contributed by atoms with Crippen molar-refractivity contribution in [2.75, 3.05) is 28.6 Å². The number of benzene rings is 2. The summed E-state index contributed by atoms with van der Waals surface area (Å²) in [6, 6.07) is 17.2. The van der Waals surface area contributed by atoms with Crippen LogP contribution in [-0.2, 0) is 0 Å². The molecule has 0 radical (unpaired) electrons. The van der Waals surface area contributed by atoms with E-state index in [0.29, 0.717) is 17.1 Å². The molecule has 144 valence electrons. The van der Waals surface area contributed by atoms with Gasteiger partial charge in [0.2, 0.25) is 0 Å². The van der Waals surface area contributed by atoms with Crippen LogP contribution in [0.1, 0.15) is 24.2 Å². The second kappa shape index (κ2) is 8.99. The highest BCUT2D eigenvalue weighted by Gasteiger charge is 2.07. The van der Waals surface area contributed by atoms with Crippen LogP contribution >= 0.6 is 0 Å². The molecular formula is C22H23FN4O. The molecule has 28 heavy (non-hydrogen) atoms. The van der Waals surface area contributed by atoms with Crippen molar-refractivity contribution in [1.29, 1.82) is 0 Å². The van der Waals surface area contributed by atoms with E-state index in [1.165, 1.54) is 36.1 Å². The van der Waals surface area contributed by atoms with Gasteiger partial charge in [0.25, 0.3) is 5.91 Å². The largest absolute Gasteiger partial charge is 0.372 e. The van der Waals surface area contributed by atoms with Gasteiger partial charge in [0.05, 0.1) is 5.56 Å². The molecule has 2 aromatic carbocycles. The minimum Gasteiger partial charge on any atom is -0.372 e. The number of aromatic nitrogens is 1. The third kappa shape index (κ3) is 4.85. The van der Waals surface area contributed by atoms with Crippen LogP contribution in [0.4, 0.5) is 27.3 Å². The first kappa shape index (κ1) is 19.4. The van der Waals surface area contributed by atoms with Crippen LogP contribution < -0.4 is 15.5 Å². The van der Waals surface area contributed by atoms with Crippen LogP contribution in [0.2, 0.25) is 0 Å². The summed E-state index contributed by atoms with van der Waals surface area (Å²) in [5.41, 5.74) is 3.05. The molecule has 0 saturated carbocycles. The van der Waals surface area contributed by atoms with Gasteiger partial charge in [-0.3, -0.25) is 4.79 Å². The fourth-order valence-corrected chi connectivity index (χ4v) is 2.83. The fraction of sp³-hybridized carbons (Fsp3) is 0.182. The summed E-state index contributed by atoms with van der Waals surface area (Å²) in [5.74, 6) is 0.00313. The standard InChI is InChI=1S/C22H23FN4O/c1-3-27(4-2)20-12-10-18(11-13-20)25-21-14-5-16(15-24-21)22(28)26-19-8-6-17(23)7-9-19/h5-15H,3-4H2,1-2H3,(H,24,25)(H,26,28). The van der Waals surface area contributed by atoms with E-state index < -0.39 is 0 Å². The molecule has 0 fully saturated rings. The number of hydrogen-bond acceptors (Lipinski definition) is 4. The molecule has 0 aliphatic carbocycles. The van der Waals surface area contributed by atoms with E-state index in [-0.39, 0.29) is 11.7 Å². The Kier molecular flexibility index (Phi) is 6.22. The van der Waals surface area contributed by atoms with Crippen LogP contribution in [0, 0.1) is 5.82 Å². The van der Waals surface area contributed by atoms with Crippen LogP contribution in [-0.4, -0.2) is 24.0 Å². The van der Waals surface area contributed by atoms with Crippen LogP contribution in [0.25, 0.3) is 0 Å². The second-order valence-corrected chi connectivity index (χ2v) is 6.24. The lowest BCUT2D eigenvalue weighted by Gasteiger charge is -2.21. The van der Waals surface area contributed by atoms with Gasteiger partial charge in [0.1, 0.15) is 11.6 Å². The van der Waals surface area contributed by atoms with Gasteiger partial charge < -0.3 is 15.5 Å². The van der Waals surface area contributed by atoms with E-state index in [2.05, 4.69) is 46.5 Å². The van der Waals surface area contributed by atoms with Crippen molar-refractivity contribution in [3.05, 3.63) is 78.2 Å². The third-order valence-electron chi connectivity index (χ3n) is 4.40. The number of nitrogens with one attached hydrogen (secondary N) is 2. The predicted molar refractivity (Wildman–Crippen MR) is 112 cm³/mol. The predicted octanol–water partition coefficient (Wildman–Crippen LogP) is 5.06. The first-order valence-corrected chi connectivity index (χ1v) is 9.24. The first-order chi connectivity index (χ1) is 13.6. The maximum absolute atomic E-state index is 12.9. The number of pyridine rings is 1. The zero-order valence-electron chi connectivity index (χ0n) is 15.9. The summed E-state index contributed by atoms with van der Waals surface area (Å²) < 4.78 is 12.9. The zero-order chi connectivity index (χ0) is 19.9. The summed E-state index contributed by atoms with van der Waals surface area (Å²) >= 11 is 0. The highest BCUT2D eigenvalue weighted by atomic mass is 19.1. The highest BCUT2D eigenvalue weighted by molar-refractivity contribution is 6.04. The number of carbonyl (C=O) groups is 1. The Morgan fingerprint density at radius 1 is 0.929 bits per heavy atom. The van der Waals surface area contributed by atoms with Crippen molar-refractivity contribution in [3.63, 3.8) is 0 Å². The molecule has 0 unspecified atom stereocenters. The van der Waals surface area contributed by atoms with Gasteiger partial charge in [-0.2, -0.15) is 0 Å². The Labute approximate surface area is 164 Å². The average molecular weight is 378 g/mol. The van der Waals surface area contributed by atoms with Crippen LogP contribution in [0.15, 0.2) is 66.9 Å². The fourth-order valence-electron chi connectivity index (χ4n) is 2.83. The summed E-state index contributed by atoms with van der Waals surface area (Å²) in [7, 11) is 0. The molecule has 1 aromatic heterocycles. The lowest BCUT2D eigenvalue weighted by molar-refractivity contribution is 0.102. The van der Waals surface area contributed by atoms with Crippen molar-refractivity contribution >= 4 is 28.8 Å². The Hall–Kier alpha value is -3.41. The van der Waals surface area contributed by atoms with Crippen molar-refractivity contribution in [2.24, 2.45) is 0 Å². The zero-order valence-corrected chi connectivity index (χ0v) is 15.9. The van der Waals surface area contributed by atoms with Crippen molar-refractivity contribution in [2.45, 2.75) is 13.8 Å². The van der Waals surface area contributed by atoms with Gasteiger partial charge in [0.15, 0.2) is 0 Å². The lowest BCUT2D eigenvalue weighted by atomic mass is 10.2. The Morgan fingerprint density at radius 3 is 2.14 bits per heavy atom. The number of rotatable bonds is 7. The van der Waals surface area contributed by atoms with Gasteiger partial charge in [-0.05, 0) is 74.5 Å². The first-order valence-electron chi connectivity index (χ1n) is 9.24. The molecule has 6 heteroatoms. The average Bonchev–Trinajstić information content (AvgIpc) is 2.72. The summed E-state index contributed by atoms with van der Waals surface area (Å²) in [5, 5.41) is 5.94. The lowest BCUT2D eigenvalue weighted by Crippen LogP contribution is -2.21. The van der Waals surface area contributed by atoms with E-state index in [9.17, 15) is 9.18 Å². The van der Waals surface area contributed by atoms with E-state index in [4.69, 9.17) is 0 Å². The van der Waals surface area contributed by atoms with E-state index >= 15 is 0 Å². The van der Waals surface area contributed by atoms with Gasteiger partial charge >= 0.3 is 0 Å². The molecular weight excluding hydrogens is 355 g/mol. The highest BCUT2D eigenvalue weighted by Crippen LogP contribution is 2.20. The smallest absolute Gasteiger partial charge is 0.257 e. The molecule has 1 amide bonds. The number of halogens is 1. The number of carbonyl (C=O) groups excluding carboxylic acids is 1. The SMILES string of the molecule is CCN(CC)c1ccc(Nc2ccc(C(=O)Nc3ccc(F)cc3)cn2)cc1. The topological polar surface area (TPSA) is 57.3 Å². The van der Waals surface area contributed by atoms with Crippen LogP contribution in [0.5, 0.6) is 0 Å². The molecule has 3 rings (SSSR count). The van der Waals surface area contributed by atoms with Crippen molar-refractivity contribution < 1.29 is 9.18 Å². The van der Waals surface area contributed by atoms with E-state index in [1.807, 2.05) is 12.1 Å². The molecule has 0 spiro atoms. The summed E-state index contributed by atoms with van der Waals surface area (Å²) in [6.45, 7) is 6.19. The van der Waals surface area contributed by atoms with Crippen LogP contribution in [0.3, 0.4) is 0 Å². The van der Waals surface area contributed by atoms with Gasteiger partial charge in [-0.1, -0.05) is 0 Å². The number of nitrogens with zero attached hydrogens (tertiary/aromatic N) is 2. The molecule has 3 aromatic rings. The monoisotopic (exact) mass is 378 g/mol. The molecule has 1 heterocycles. The minimum atomic E-state index is -0.347. The van der Waals surface area contributed by atoms with E-state index in [0.717, 1.165) is 18.8 Å². The number of amides is 1. The molecule has 5 nitrogen and oxygen atoms in total. The normalized spacial score (nSPS) is 10.4. The van der Waals surface area contributed by atoms with Crippen molar-refractivity contribution in [1.82, 2.24) is 4.98 Å². The maximum Gasteiger partial charge on any atom is 0.257 e. The minimum absolute atomic E-state index is 0.297.